The van der Waals surface area contributed by atoms with E-state index in [1.165, 1.54) is 30.0 Å². The van der Waals surface area contributed by atoms with Crippen molar-refractivity contribution in [2.75, 3.05) is 0 Å². The molecule has 0 amide bonds. The van der Waals surface area contributed by atoms with E-state index >= 15 is 0 Å². The Morgan fingerprint density at radius 2 is 1.77 bits per heavy atom. The molecule has 0 spiro atoms. The first kappa shape index (κ1) is 15.4. The molecule has 128 valence electrons. The lowest BCUT2D eigenvalue weighted by Crippen LogP contribution is -1.85. The van der Waals surface area contributed by atoms with Gasteiger partial charge in [0.05, 0.1) is 10.7 Å². The zero-order valence-corrected chi connectivity index (χ0v) is 14.5. The van der Waals surface area contributed by atoms with E-state index in [1.54, 1.807) is 23.5 Å². The molecule has 0 radical (unpaired) electrons. The summed E-state index contributed by atoms with van der Waals surface area (Å²) in [7, 11) is 0. The third kappa shape index (κ3) is 2.93. The molecule has 4 nitrogen and oxygen atoms in total. The van der Waals surface area contributed by atoms with Crippen molar-refractivity contribution in [3.8, 4) is 34.1 Å². The van der Waals surface area contributed by atoms with Gasteiger partial charge in [-0.3, -0.25) is 0 Å². The summed E-state index contributed by atoms with van der Waals surface area (Å²) < 4.78 is 18.7. The van der Waals surface area contributed by atoms with Gasteiger partial charge >= 0.3 is 0 Å². The van der Waals surface area contributed by atoms with E-state index in [0.717, 1.165) is 16.8 Å². The first-order valence-corrected chi connectivity index (χ1v) is 9.30. The Morgan fingerprint density at radius 3 is 2.62 bits per heavy atom. The highest BCUT2D eigenvalue weighted by Gasteiger charge is 2.26. The van der Waals surface area contributed by atoms with Gasteiger partial charge in [-0.25, -0.2) is 9.37 Å². The molecule has 2 aromatic carbocycles. The number of nitrogens with zero attached hydrogens (tertiary/aromatic N) is 3. The molecule has 5 rings (SSSR count). The predicted octanol–water partition coefficient (Wildman–Crippen LogP) is 5.54. The van der Waals surface area contributed by atoms with Crippen LogP contribution in [0.3, 0.4) is 0 Å². The van der Waals surface area contributed by atoms with Crippen molar-refractivity contribution in [2.24, 2.45) is 0 Å². The molecule has 2 aromatic heterocycles. The van der Waals surface area contributed by atoms with Crippen LogP contribution < -0.4 is 0 Å². The second-order valence-electron chi connectivity index (χ2n) is 6.36. The summed E-state index contributed by atoms with van der Waals surface area (Å²) in [5, 5.41) is 7.36. The fourth-order valence-corrected chi connectivity index (χ4v) is 3.84. The first-order chi connectivity index (χ1) is 12.8. The average molecular weight is 363 g/mol. The van der Waals surface area contributed by atoms with Crippen LogP contribution in [0.1, 0.15) is 23.8 Å². The summed E-state index contributed by atoms with van der Waals surface area (Å²) >= 11 is 1.72. The molecule has 0 saturated heterocycles. The van der Waals surface area contributed by atoms with E-state index in [9.17, 15) is 4.39 Å². The number of benzene rings is 2. The minimum absolute atomic E-state index is 0.301. The van der Waals surface area contributed by atoms with Crippen molar-refractivity contribution in [3.63, 3.8) is 0 Å². The zero-order chi connectivity index (χ0) is 17.5. The Morgan fingerprint density at radius 1 is 0.962 bits per heavy atom. The molecular weight excluding hydrogens is 349 g/mol. The van der Waals surface area contributed by atoms with Crippen molar-refractivity contribution in [2.45, 2.75) is 18.8 Å². The maximum absolute atomic E-state index is 13.4. The summed E-state index contributed by atoms with van der Waals surface area (Å²) in [6.07, 6.45) is 2.50. The fourth-order valence-electron chi connectivity index (χ4n) is 2.84. The zero-order valence-electron chi connectivity index (χ0n) is 13.7. The van der Waals surface area contributed by atoms with E-state index in [1.807, 2.05) is 24.3 Å². The number of thiazole rings is 1. The lowest BCUT2D eigenvalue weighted by molar-refractivity contribution is 0.432. The lowest BCUT2D eigenvalue weighted by atomic mass is 10.1. The summed E-state index contributed by atoms with van der Waals surface area (Å²) in [5.74, 6) is 1.10. The van der Waals surface area contributed by atoms with E-state index < -0.39 is 0 Å². The number of hydrogen-bond acceptors (Lipinski definition) is 5. The number of aromatic nitrogens is 3. The van der Waals surface area contributed by atoms with Crippen molar-refractivity contribution in [3.05, 3.63) is 64.7 Å². The van der Waals surface area contributed by atoms with Gasteiger partial charge in [-0.15, -0.1) is 11.3 Å². The maximum atomic E-state index is 13.4. The molecule has 0 aliphatic heterocycles. The summed E-state index contributed by atoms with van der Waals surface area (Å²) in [6.45, 7) is 0. The van der Waals surface area contributed by atoms with Crippen LogP contribution in [0.15, 0.2) is 58.4 Å². The number of rotatable bonds is 4. The Labute approximate surface area is 153 Å². The molecule has 1 fully saturated rings. The standard InChI is InChI=1S/C20H14FN3OS/c21-16-6-2-5-15(10-16)19-23-18(24-25-19)14-4-1-3-13(9-14)17-11-26-20(22-17)12-7-8-12/h1-6,9-12H,7-8H2. The largest absolute Gasteiger partial charge is 0.334 e. The molecular formula is C20H14FN3OS. The lowest BCUT2D eigenvalue weighted by Gasteiger charge is -1.99. The van der Waals surface area contributed by atoms with Gasteiger partial charge in [0.1, 0.15) is 5.82 Å². The topological polar surface area (TPSA) is 51.8 Å². The highest BCUT2D eigenvalue weighted by atomic mass is 32.1. The van der Waals surface area contributed by atoms with Gasteiger partial charge < -0.3 is 4.52 Å². The monoisotopic (exact) mass is 363 g/mol. The molecule has 2 heterocycles. The van der Waals surface area contributed by atoms with Gasteiger partial charge in [0, 0.05) is 28.0 Å². The van der Waals surface area contributed by atoms with Crippen molar-refractivity contribution in [1.82, 2.24) is 15.1 Å². The van der Waals surface area contributed by atoms with E-state index in [-0.39, 0.29) is 5.82 Å². The van der Waals surface area contributed by atoms with Crippen LogP contribution >= 0.6 is 11.3 Å². The van der Waals surface area contributed by atoms with Crippen molar-refractivity contribution >= 4 is 11.3 Å². The molecule has 0 atom stereocenters. The van der Waals surface area contributed by atoms with Crippen LogP contribution in [-0.4, -0.2) is 15.1 Å². The second-order valence-corrected chi connectivity index (χ2v) is 7.25. The Balaban J connectivity index is 1.47. The molecule has 26 heavy (non-hydrogen) atoms. The van der Waals surface area contributed by atoms with Gasteiger partial charge in [-0.2, -0.15) is 4.98 Å². The van der Waals surface area contributed by atoms with Gasteiger partial charge in [-0.1, -0.05) is 29.4 Å². The normalized spacial score (nSPS) is 13.9. The minimum atomic E-state index is -0.334. The highest BCUT2D eigenvalue weighted by Crippen LogP contribution is 2.42. The van der Waals surface area contributed by atoms with Crippen molar-refractivity contribution in [1.29, 1.82) is 0 Å². The molecule has 1 aliphatic carbocycles. The first-order valence-electron chi connectivity index (χ1n) is 8.42. The second kappa shape index (κ2) is 6.14. The van der Waals surface area contributed by atoms with Crippen LogP contribution in [0.4, 0.5) is 4.39 Å². The number of hydrogen-bond donors (Lipinski definition) is 0. The minimum Gasteiger partial charge on any atom is -0.334 e. The Kier molecular flexibility index (Phi) is 3.64. The van der Waals surface area contributed by atoms with Gasteiger partial charge in [0.15, 0.2) is 0 Å². The molecule has 4 aromatic rings. The predicted molar refractivity (Wildman–Crippen MR) is 98.2 cm³/mol. The summed E-state index contributed by atoms with van der Waals surface area (Å²) in [6, 6.07) is 14.0. The Bertz CT molecular complexity index is 1080. The highest BCUT2D eigenvalue weighted by molar-refractivity contribution is 7.10. The van der Waals surface area contributed by atoms with Gasteiger partial charge in [-0.05, 0) is 37.1 Å². The van der Waals surface area contributed by atoms with Crippen LogP contribution in [0.2, 0.25) is 0 Å². The third-order valence-electron chi connectivity index (χ3n) is 4.36. The van der Waals surface area contributed by atoms with Crippen LogP contribution in [0, 0.1) is 5.82 Å². The molecule has 0 bridgehead atoms. The molecule has 1 aliphatic rings. The third-order valence-corrected chi connectivity index (χ3v) is 5.37. The van der Waals surface area contributed by atoms with Crippen LogP contribution in [0.25, 0.3) is 34.1 Å². The van der Waals surface area contributed by atoms with Gasteiger partial charge in [0.25, 0.3) is 5.89 Å². The fraction of sp³-hybridized carbons (Fsp3) is 0.150. The van der Waals surface area contributed by atoms with E-state index in [4.69, 9.17) is 9.51 Å². The van der Waals surface area contributed by atoms with E-state index in [0.29, 0.717) is 23.2 Å². The molecule has 6 heteroatoms. The number of halogens is 1. The van der Waals surface area contributed by atoms with Crippen LogP contribution in [-0.2, 0) is 0 Å². The Hall–Kier alpha value is -2.86. The summed E-state index contributed by atoms with van der Waals surface area (Å²) in [5.41, 5.74) is 3.42. The molecule has 0 unspecified atom stereocenters. The SMILES string of the molecule is Fc1cccc(-c2nc(-c3cccc(-c4csc(C5CC5)n4)c3)no2)c1. The molecule has 0 N–H and O–H groups in total. The average Bonchev–Trinajstić information content (AvgIpc) is 3.20. The summed E-state index contributed by atoms with van der Waals surface area (Å²) in [4.78, 5) is 9.16. The van der Waals surface area contributed by atoms with E-state index in [2.05, 4.69) is 15.5 Å². The molecule has 1 saturated carbocycles. The van der Waals surface area contributed by atoms with Gasteiger partial charge in [0.2, 0.25) is 5.82 Å². The van der Waals surface area contributed by atoms with Crippen LogP contribution in [0.5, 0.6) is 0 Å². The van der Waals surface area contributed by atoms with Crippen molar-refractivity contribution < 1.29 is 8.91 Å². The maximum Gasteiger partial charge on any atom is 0.258 e. The smallest absolute Gasteiger partial charge is 0.258 e. The quantitative estimate of drug-likeness (QED) is 0.477.